The van der Waals surface area contributed by atoms with E-state index in [-0.39, 0.29) is 12.7 Å². The first-order valence-corrected chi connectivity index (χ1v) is 6.53. The van der Waals surface area contributed by atoms with Gasteiger partial charge in [-0.3, -0.25) is 0 Å². The van der Waals surface area contributed by atoms with Gasteiger partial charge in [-0.2, -0.15) is 0 Å². The molecule has 0 aromatic carbocycles. The van der Waals surface area contributed by atoms with Crippen molar-refractivity contribution in [2.75, 3.05) is 39.5 Å². The van der Waals surface area contributed by atoms with Crippen molar-refractivity contribution in [1.29, 1.82) is 0 Å². The summed E-state index contributed by atoms with van der Waals surface area (Å²) in [6.07, 6.45) is 1.13. The van der Waals surface area contributed by atoms with Gasteiger partial charge < -0.3 is 29.1 Å². The Labute approximate surface area is 112 Å². The Hall–Kier alpha value is -0.920. The first kappa shape index (κ1) is 14.5. The summed E-state index contributed by atoms with van der Waals surface area (Å²) in [6, 6.07) is 3.65. The summed E-state index contributed by atoms with van der Waals surface area (Å²) in [6.45, 7) is 3.71. The van der Waals surface area contributed by atoms with Crippen LogP contribution in [-0.4, -0.2) is 56.8 Å². The number of hydrogen-bond donors (Lipinski definition) is 2. The molecule has 19 heavy (non-hydrogen) atoms. The van der Waals surface area contributed by atoms with E-state index in [2.05, 4.69) is 5.32 Å². The Morgan fingerprint density at radius 2 is 2.42 bits per heavy atom. The van der Waals surface area contributed by atoms with Gasteiger partial charge in [0.2, 0.25) is 0 Å². The molecule has 0 saturated carbocycles. The molecule has 1 saturated heterocycles. The monoisotopic (exact) mass is 271 g/mol. The molecule has 6 heteroatoms. The summed E-state index contributed by atoms with van der Waals surface area (Å²) in [7, 11) is 0. The summed E-state index contributed by atoms with van der Waals surface area (Å²) >= 11 is 0. The molecule has 0 radical (unpaired) electrons. The van der Waals surface area contributed by atoms with Crippen molar-refractivity contribution in [1.82, 2.24) is 5.32 Å². The highest BCUT2D eigenvalue weighted by Gasteiger charge is 2.14. The highest BCUT2D eigenvalue weighted by molar-refractivity contribution is 4.96. The molecule has 1 aromatic heterocycles. The third kappa shape index (κ3) is 5.71. The highest BCUT2D eigenvalue weighted by Crippen LogP contribution is 2.02. The fourth-order valence-electron chi connectivity index (χ4n) is 1.81. The molecule has 2 atom stereocenters. The first-order chi connectivity index (χ1) is 9.34. The van der Waals surface area contributed by atoms with Gasteiger partial charge in [-0.25, -0.2) is 0 Å². The van der Waals surface area contributed by atoms with Crippen molar-refractivity contribution in [3.05, 3.63) is 24.2 Å². The van der Waals surface area contributed by atoms with E-state index < -0.39 is 6.10 Å². The normalized spacial score (nSPS) is 21.4. The lowest BCUT2D eigenvalue weighted by molar-refractivity contribution is -0.0872. The third-order valence-corrected chi connectivity index (χ3v) is 2.77. The van der Waals surface area contributed by atoms with Crippen molar-refractivity contribution in [3.8, 4) is 0 Å². The zero-order chi connectivity index (χ0) is 13.3. The molecule has 1 aliphatic rings. The minimum atomic E-state index is -0.542. The van der Waals surface area contributed by atoms with Crippen molar-refractivity contribution in [2.45, 2.75) is 18.8 Å². The van der Waals surface area contributed by atoms with Gasteiger partial charge in [0.15, 0.2) is 0 Å². The summed E-state index contributed by atoms with van der Waals surface area (Å²) in [5, 5.41) is 12.9. The average molecular weight is 271 g/mol. The molecule has 0 bridgehead atoms. The number of aliphatic hydroxyl groups is 1. The van der Waals surface area contributed by atoms with Crippen LogP contribution in [0.25, 0.3) is 0 Å². The Kier molecular flexibility index (Phi) is 6.32. The van der Waals surface area contributed by atoms with Crippen LogP contribution in [0.1, 0.15) is 5.76 Å². The summed E-state index contributed by atoms with van der Waals surface area (Å²) < 4.78 is 21.2. The molecule has 2 rings (SSSR count). The first-order valence-electron chi connectivity index (χ1n) is 6.53. The van der Waals surface area contributed by atoms with Gasteiger partial charge in [0.25, 0.3) is 0 Å². The lowest BCUT2D eigenvalue weighted by Gasteiger charge is -2.23. The van der Waals surface area contributed by atoms with Crippen molar-refractivity contribution >= 4 is 0 Å². The van der Waals surface area contributed by atoms with E-state index in [9.17, 15) is 5.11 Å². The Morgan fingerprint density at radius 3 is 3.16 bits per heavy atom. The van der Waals surface area contributed by atoms with Gasteiger partial charge in [-0.05, 0) is 12.1 Å². The Balaban J connectivity index is 1.48. The molecule has 2 unspecified atom stereocenters. The second-order valence-electron chi connectivity index (χ2n) is 4.47. The van der Waals surface area contributed by atoms with Gasteiger partial charge in [0, 0.05) is 13.1 Å². The summed E-state index contributed by atoms with van der Waals surface area (Å²) in [5.74, 6) is 0.757. The van der Waals surface area contributed by atoms with Crippen molar-refractivity contribution in [3.63, 3.8) is 0 Å². The molecule has 1 fully saturated rings. The van der Waals surface area contributed by atoms with Crippen molar-refractivity contribution < 1.29 is 23.7 Å². The number of nitrogens with one attached hydrogen (secondary N) is 1. The van der Waals surface area contributed by atoms with Crippen LogP contribution in [0.2, 0.25) is 0 Å². The van der Waals surface area contributed by atoms with Gasteiger partial charge in [-0.15, -0.1) is 0 Å². The predicted octanol–water partition coefficient (Wildman–Crippen LogP) is 0.162. The quantitative estimate of drug-likeness (QED) is 0.702. The molecule has 6 nitrogen and oxygen atoms in total. The fourth-order valence-corrected chi connectivity index (χ4v) is 1.81. The van der Waals surface area contributed by atoms with Crippen LogP contribution in [0.3, 0.4) is 0 Å². The summed E-state index contributed by atoms with van der Waals surface area (Å²) in [5.41, 5.74) is 0. The van der Waals surface area contributed by atoms with Gasteiger partial charge >= 0.3 is 0 Å². The predicted molar refractivity (Wildman–Crippen MR) is 67.8 cm³/mol. The van der Waals surface area contributed by atoms with E-state index in [1.54, 1.807) is 6.26 Å². The fraction of sp³-hybridized carbons (Fsp3) is 0.692. The zero-order valence-electron chi connectivity index (χ0n) is 10.9. The maximum absolute atomic E-state index is 9.72. The van der Waals surface area contributed by atoms with E-state index in [0.717, 1.165) is 5.76 Å². The van der Waals surface area contributed by atoms with Crippen LogP contribution in [0, 0.1) is 0 Å². The maximum Gasteiger partial charge on any atom is 0.129 e. The van der Waals surface area contributed by atoms with Crippen LogP contribution < -0.4 is 5.32 Å². The molecule has 108 valence electrons. The highest BCUT2D eigenvalue weighted by atomic mass is 16.6. The standard InChI is InChI=1S/C13H21NO5/c15-11(8-17-9-12-2-1-3-18-12)6-14-7-13-10-16-4-5-19-13/h1-3,11,13-15H,4-10H2. The molecule has 2 heterocycles. The largest absolute Gasteiger partial charge is 0.467 e. The van der Waals surface area contributed by atoms with Crippen LogP contribution in [0.4, 0.5) is 0 Å². The smallest absolute Gasteiger partial charge is 0.129 e. The minimum absolute atomic E-state index is 0.0741. The molecule has 1 aliphatic heterocycles. The van der Waals surface area contributed by atoms with Crippen LogP contribution in [0.15, 0.2) is 22.8 Å². The van der Waals surface area contributed by atoms with E-state index in [1.165, 1.54) is 0 Å². The third-order valence-electron chi connectivity index (χ3n) is 2.77. The lowest BCUT2D eigenvalue weighted by Crippen LogP contribution is -2.40. The van der Waals surface area contributed by atoms with Gasteiger partial charge in [0.1, 0.15) is 12.4 Å². The summed E-state index contributed by atoms with van der Waals surface area (Å²) in [4.78, 5) is 0. The Morgan fingerprint density at radius 1 is 1.47 bits per heavy atom. The van der Waals surface area contributed by atoms with Gasteiger partial charge in [-0.1, -0.05) is 0 Å². The number of hydrogen-bond acceptors (Lipinski definition) is 6. The molecule has 2 N–H and O–H groups in total. The van der Waals surface area contributed by atoms with E-state index in [1.807, 2.05) is 12.1 Å². The molecular formula is C13H21NO5. The number of rotatable bonds is 8. The van der Waals surface area contributed by atoms with Crippen LogP contribution in [-0.2, 0) is 20.8 Å². The lowest BCUT2D eigenvalue weighted by atomic mass is 10.3. The van der Waals surface area contributed by atoms with Gasteiger partial charge in [0.05, 0.1) is 44.9 Å². The second kappa shape index (κ2) is 8.29. The SMILES string of the molecule is OC(CNCC1COCCO1)COCc1ccco1. The molecule has 0 aliphatic carbocycles. The molecule has 0 spiro atoms. The number of ether oxygens (including phenoxy) is 3. The number of furan rings is 1. The van der Waals surface area contributed by atoms with Crippen molar-refractivity contribution in [2.24, 2.45) is 0 Å². The molecular weight excluding hydrogens is 250 g/mol. The zero-order valence-corrected chi connectivity index (χ0v) is 10.9. The van der Waals surface area contributed by atoms with E-state index >= 15 is 0 Å². The second-order valence-corrected chi connectivity index (χ2v) is 4.47. The van der Waals surface area contributed by atoms with E-state index in [0.29, 0.717) is 39.5 Å². The minimum Gasteiger partial charge on any atom is -0.467 e. The maximum atomic E-state index is 9.72. The Bertz CT molecular complexity index is 324. The topological polar surface area (TPSA) is 73.1 Å². The van der Waals surface area contributed by atoms with Crippen LogP contribution in [0.5, 0.6) is 0 Å². The molecule has 0 amide bonds. The number of aliphatic hydroxyl groups excluding tert-OH is 1. The average Bonchev–Trinajstić information content (AvgIpc) is 2.93. The molecule has 1 aromatic rings. The van der Waals surface area contributed by atoms with Crippen LogP contribution >= 0.6 is 0 Å². The van der Waals surface area contributed by atoms with E-state index in [4.69, 9.17) is 18.6 Å².